The molecule has 96 valence electrons. The number of nitrogens with two attached hydrogens (primary N) is 1. The quantitative estimate of drug-likeness (QED) is 0.784. The Morgan fingerprint density at radius 3 is 2.44 bits per heavy atom. The van der Waals surface area contributed by atoms with Crippen molar-refractivity contribution < 1.29 is 17.9 Å². The van der Waals surface area contributed by atoms with Gasteiger partial charge in [0, 0.05) is 18.7 Å². The van der Waals surface area contributed by atoms with Gasteiger partial charge in [0.05, 0.1) is 12.1 Å². The van der Waals surface area contributed by atoms with Crippen LogP contribution in [0.15, 0.2) is 0 Å². The minimum atomic E-state index is -4.20. The summed E-state index contributed by atoms with van der Waals surface area (Å²) in [7, 11) is 0. The molecule has 1 aliphatic heterocycles. The first-order valence-corrected chi connectivity index (χ1v) is 5.34. The van der Waals surface area contributed by atoms with Crippen LogP contribution in [0.5, 0.6) is 0 Å². The molecular formula is C10H19F3N2O. The van der Waals surface area contributed by atoms with E-state index in [-0.39, 0.29) is 6.54 Å². The van der Waals surface area contributed by atoms with E-state index in [0.29, 0.717) is 19.4 Å². The summed E-state index contributed by atoms with van der Waals surface area (Å²) in [5.41, 5.74) is 4.53. The van der Waals surface area contributed by atoms with Crippen LogP contribution in [0, 0.1) is 0 Å². The van der Waals surface area contributed by atoms with Gasteiger partial charge in [-0.15, -0.1) is 0 Å². The van der Waals surface area contributed by atoms with Gasteiger partial charge in [-0.25, -0.2) is 0 Å². The molecule has 16 heavy (non-hydrogen) atoms. The Bertz CT molecular complexity index is 243. The standard InChI is InChI=1S/C10H19F3N2O/c1-8(2)5-9(6-14,3-4-16-8)15-7-10(11,12)13/h15H,3-7,14H2,1-2H3. The van der Waals surface area contributed by atoms with Crippen molar-refractivity contribution in [2.24, 2.45) is 5.73 Å². The second-order valence-corrected chi connectivity index (χ2v) is 4.99. The number of halogens is 3. The zero-order valence-corrected chi connectivity index (χ0v) is 9.66. The fraction of sp³-hybridized carbons (Fsp3) is 1.00. The summed E-state index contributed by atoms with van der Waals surface area (Å²) in [5, 5.41) is 2.55. The summed E-state index contributed by atoms with van der Waals surface area (Å²) < 4.78 is 42.0. The zero-order chi connectivity index (χ0) is 12.4. The van der Waals surface area contributed by atoms with E-state index in [9.17, 15) is 13.2 Å². The molecule has 1 fully saturated rings. The van der Waals surface area contributed by atoms with Gasteiger partial charge >= 0.3 is 6.18 Å². The minimum Gasteiger partial charge on any atom is -0.375 e. The van der Waals surface area contributed by atoms with Crippen molar-refractivity contribution in [3.63, 3.8) is 0 Å². The van der Waals surface area contributed by atoms with E-state index in [1.165, 1.54) is 0 Å². The highest BCUT2D eigenvalue weighted by molar-refractivity contribution is 4.98. The van der Waals surface area contributed by atoms with Gasteiger partial charge < -0.3 is 15.8 Å². The van der Waals surface area contributed by atoms with E-state index in [1.807, 2.05) is 13.8 Å². The smallest absolute Gasteiger partial charge is 0.375 e. The maximum atomic E-state index is 12.2. The van der Waals surface area contributed by atoms with Crippen LogP contribution in [0.3, 0.4) is 0 Å². The van der Waals surface area contributed by atoms with Crippen LogP contribution < -0.4 is 11.1 Å². The molecule has 0 spiro atoms. The molecule has 1 saturated heterocycles. The molecule has 0 radical (unpaired) electrons. The lowest BCUT2D eigenvalue weighted by molar-refractivity contribution is -0.138. The molecule has 1 aliphatic rings. The van der Waals surface area contributed by atoms with E-state index < -0.39 is 23.9 Å². The van der Waals surface area contributed by atoms with Crippen molar-refractivity contribution in [1.29, 1.82) is 0 Å². The molecule has 1 heterocycles. The van der Waals surface area contributed by atoms with Crippen LogP contribution in [0.25, 0.3) is 0 Å². The molecule has 0 amide bonds. The Hall–Kier alpha value is -0.330. The van der Waals surface area contributed by atoms with E-state index in [1.54, 1.807) is 0 Å². The van der Waals surface area contributed by atoms with Gasteiger partial charge in [0.25, 0.3) is 0 Å². The lowest BCUT2D eigenvalue weighted by Crippen LogP contribution is -2.60. The predicted molar refractivity (Wildman–Crippen MR) is 55.1 cm³/mol. The fourth-order valence-electron chi connectivity index (χ4n) is 2.16. The first kappa shape index (κ1) is 13.7. The zero-order valence-electron chi connectivity index (χ0n) is 9.66. The maximum Gasteiger partial charge on any atom is 0.401 e. The SMILES string of the molecule is CC1(C)CC(CN)(NCC(F)(F)F)CCO1. The van der Waals surface area contributed by atoms with E-state index >= 15 is 0 Å². The minimum absolute atomic E-state index is 0.190. The van der Waals surface area contributed by atoms with Crippen LogP contribution in [0.4, 0.5) is 13.2 Å². The molecule has 3 nitrogen and oxygen atoms in total. The Labute approximate surface area is 93.5 Å². The van der Waals surface area contributed by atoms with E-state index in [4.69, 9.17) is 10.5 Å². The molecule has 0 aromatic carbocycles. The largest absolute Gasteiger partial charge is 0.401 e. The molecule has 1 rings (SSSR count). The molecule has 1 unspecified atom stereocenters. The van der Waals surface area contributed by atoms with Crippen LogP contribution in [0.1, 0.15) is 26.7 Å². The molecular weight excluding hydrogens is 221 g/mol. The molecule has 3 N–H and O–H groups in total. The summed E-state index contributed by atoms with van der Waals surface area (Å²) in [5.74, 6) is 0. The summed E-state index contributed by atoms with van der Waals surface area (Å²) in [6.07, 6.45) is -3.19. The highest BCUT2D eigenvalue weighted by Crippen LogP contribution is 2.32. The van der Waals surface area contributed by atoms with Crippen molar-refractivity contribution in [2.75, 3.05) is 19.7 Å². The third-order valence-electron chi connectivity index (χ3n) is 2.89. The van der Waals surface area contributed by atoms with Gasteiger partial charge in [0.1, 0.15) is 0 Å². The summed E-state index contributed by atoms with van der Waals surface area (Å²) in [4.78, 5) is 0. The molecule has 0 aliphatic carbocycles. The topological polar surface area (TPSA) is 47.3 Å². The number of nitrogens with one attached hydrogen (secondary N) is 1. The Balaban J connectivity index is 2.63. The first-order valence-electron chi connectivity index (χ1n) is 5.34. The average molecular weight is 240 g/mol. The Morgan fingerprint density at radius 2 is 2.00 bits per heavy atom. The Kier molecular flexibility index (Phi) is 3.87. The molecule has 1 atom stereocenters. The number of rotatable bonds is 3. The van der Waals surface area contributed by atoms with E-state index in [2.05, 4.69) is 5.32 Å². The van der Waals surface area contributed by atoms with Crippen LogP contribution in [0.2, 0.25) is 0 Å². The highest BCUT2D eigenvalue weighted by Gasteiger charge is 2.42. The fourth-order valence-corrected chi connectivity index (χ4v) is 2.16. The average Bonchev–Trinajstić information content (AvgIpc) is 2.12. The summed E-state index contributed by atoms with van der Waals surface area (Å²) in [6.45, 7) is 3.36. The lowest BCUT2D eigenvalue weighted by atomic mass is 9.81. The maximum absolute atomic E-state index is 12.2. The number of hydrogen-bond donors (Lipinski definition) is 2. The number of hydrogen-bond acceptors (Lipinski definition) is 3. The lowest BCUT2D eigenvalue weighted by Gasteiger charge is -2.45. The second kappa shape index (κ2) is 4.50. The molecule has 0 bridgehead atoms. The van der Waals surface area contributed by atoms with E-state index in [0.717, 1.165) is 0 Å². The normalized spacial score (nSPS) is 30.4. The molecule has 0 aromatic rings. The monoisotopic (exact) mass is 240 g/mol. The first-order chi connectivity index (χ1) is 7.18. The van der Waals surface area contributed by atoms with Gasteiger partial charge in [-0.2, -0.15) is 13.2 Å². The highest BCUT2D eigenvalue weighted by atomic mass is 19.4. The third-order valence-corrected chi connectivity index (χ3v) is 2.89. The van der Waals surface area contributed by atoms with Gasteiger partial charge in [-0.05, 0) is 26.7 Å². The summed E-state index contributed by atoms with van der Waals surface area (Å²) >= 11 is 0. The van der Waals surface area contributed by atoms with Crippen molar-refractivity contribution >= 4 is 0 Å². The van der Waals surface area contributed by atoms with Gasteiger partial charge in [0.2, 0.25) is 0 Å². The molecule has 6 heteroatoms. The van der Waals surface area contributed by atoms with Crippen LogP contribution >= 0.6 is 0 Å². The van der Waals surface area contributed by atoms with Crippen molar-refractivity contribution in [1.82, 2.24) is 5.32 Å². The van der Waals surface area contributed by atoms with Crippen molar-refractivity contribution in [3.05, 3.63) is 0 Å². The third kappa shape index (κ3) is 3.92. The number of ether oxygens (including phenoxy) is 1. The van der Waals surface area contributed by atoms with Crippen molar-refractivity contribution in [2.45, 2.75) is 44.0 Å². The van der Waals surface area contributed by atoms with Gasteiger partial charge in [-0.1, -0.05) is 0 Å². The summed E-state index contributed by atoms with van der Waals surface area (Å²) in [6, 6.07) is 0. The second-order valence-electron chi connectivity index (χ2n) is 4.99. The van der Waals surface area contributed by atoms with Crippen LogP contribution in [-0.2, 0) is 4.74 Å². The number of alkyl halides is 3. The van der Waals surface area contributed by atoms with Crippen molar-refractivity contribution in [3.8, 4) is 0 Å². The van der Waals surface area contributed by atoms with Crippen LogP contribution in [-0.4, -0.2) is 37.0 Å². The Morgan fingerprint density at radius 1 is 1.38 bits per heavy atom. The molecule has 0 aromatic heterocycles. The van der Waals surface area contributed by atoms with Gasteiger partial charge in [0.15, 0.2) is 0 Å². The predicted octanol–water partition coefficient (Wildman–Crippen LogP) is 1.42. The van der Waals surface area contributed by atoms with Gasteiger partial charge in [-0.3, -0.25) is 0 Å². The molecule has 0 saturated carbocycles.